The van der Waals surface area contributed by atoms with Gasteiger partial charge in [-0.3, -0.25) is 4.79 Å². The molecule has 0 spiro atoms. The molecular formula is C23H22ClNO5S2. The molecule has 3 atom stereocenters. The van der Waals surface area contributed by atoms with Gasteiger partial charge >= 0.3 is 0 Å². The molecule has 1 saturated heterocycles. The van der Waals surface area contributed by atoms with Gasteiger partial charge in [0.2, 0.25) is 15.7 Å². The van der Waals surface area contributed by atoms with Crippen LogP contribution in [0.15, 0.2) is 69.8 Å². The summed E-state index contributed by atoms with van der Waals surface area (Å²) in [4.78, 5) is 14.7. The van der Waals surface area contributed by atoms with Crippen LogP contribution < -0.4 is 4.74 Å². The van der Waals surface area contributed by atoms with Crippen LogP contribution in [0.5, 0.6) is 5.75 Å². The molecule has 3 aromatic rings. The first kappa shape index (κ1) is 22.8. The molecule has 1 aliphatic heterocycles. The number of rotatable bonds is 6. The van der Waals surface area contributed by atoms with Gasteiger partial charge in [-0.05, 0) is 48.0 Å². The quantitative estimate of drug-likeness (QED) is 0.556. The highest BCUT2D eigenvalue weighted by Crippen LogP contribution is 2.44. The average Bonchev–Trinajstić information content (AvgIpc) is 3.40. The third-order valence-electron chi connectivity index (χ3n) is 5.79. The average molecular weight is 492 g/mol. The molecule has 168 valence electrons. The second kappa shape index (κ2) is 8.86. The Labute approximate surface area is 195 Å². The van der Waals surface area contributed by atoms with E-state index in [0.717, 1.165) is 16.9 Å². The lowest BCUT2D eigenvalue weighted by molar-refractivity contribution is -0.128. The fourth-order valence-electron chi connectivity index (χ4n) is 4.12. The predicted molar refractivity (Wildman–Crippen MR) is 123 cm³/mol. The number of benzene rings is 2. The van der Waals surface area contributed by atoms with E-state index in [1.807, 2.05) is 24.3 Å². The summed E-state index contributed by atoms with van der Waals surface area (Å²) in [6, 6.07) is 15.9. The number of likely N-dealkylation sites (tertiary alicyclic amines) is 1. The van der Waals surface area contributed by atoms with Crippen LogP contribution in [0.2, 0.25) is 5.02 Å². The van der Waals surface area contributed by atoms with Gasteiger partial charge in [0.1, 0.15) is 16.1 Å². The summed E-state index contributed by atoms with van der Waals surface area (Å²) in [5.41, 5.74) is 0.835. The van der Waals surface area contributed by atoms with Crippen LogP contribution in [0.1, 0.15) is 28.9 Å². The van der Waals surface area contributed by atoms with E-state index < -0.39 is 22.0 Å². The standard InChI is InChI=1S/C23H22ClNO5S2/c1-25-20(26)13-17(16-5-3-4-6-18(16)30-2)22(25)23(27)19-11-12-21(31-19)32(28,29)15-9-7-14(24)8-10-15/h3-12,17,22-23,27H,13H2,1-2H3/t17-,22-,23?/m1/s1. The lowest BCUT2D eigenvalue weighted by Gasteiger charge is -2.30. The highest BCUT2D eigenvalue weighted by Gasteiger charge is 2.44. The number of hydrogen-bond acceptors (Lipinski definition) is 6. The maximum Gasteiger partial charge on any atom is 0.223 e. The van der Waals surface area contributed by atoms with Crippen molar-refractivity contribution in [3.8, 4) is 5.75 Å². The highest BCUT2D eigenvalue weighted by molar-refractivity contribution is 7.93. The van der Waals surface area contributed by atoms with Crippen LogP contribution in [0.25, 0.3) is 0 Å². The van der Waals surface area contributed by atoms with E-state index in [1.54, 1.807) is 20.2 Å². The number of methoxy groups -OCH3 is 1. The number of para-hydroxylation sites is 1. The molecule has 0 aliphatic carbocycles. The third-order valence-corrected chi connectivity index (χ3v) is 9.46. The van der Waals surface area contributed by atoms with Crippen molar-refractivity contribution >= 4 is 38.7 Å². The number of carbonyl (C=O) groups is 1. The summed E-state index contributed by atoms with van der Waals surface area (Å²) < 4.78 is 31.6. The predicted octanol–water partition coefficient (Wildman–Crippen LogP) is 4.29. The molecule has 0 saturated carbocycles. The minimum absolute atomic E-state index is 0.0875. The summed E-state index contributed by atoms with van der Waals surface area (Å²) in [7, 11) is -0.520. The second-order valence-corrected chi connectivity index (χ2v) is 11.3. The van der Waals surface area contributed by atoms with Crippen molar-refractivity contribution in [1.29, 1.82) is 0 Å². The molecule has 32 heavy (non-hydrogen) atoms. The molecule has 2 heterocycles. The number of carbonyl (C=O) groups excluding carboxylic acids is 1. The van der Waals surface area contributed by atoms with Gasteiger partial charge < -0.3 is 14.7 Å². The van der Waals surface area contributed by atoms with Crippen LogP contribution in [-0.2, 0) is 14.6 Å². The number of likely N-dealkylation sites (N-methyl/N-ethyl adjacent to an activating group) is 1. The topological polar surface area (TPSA) is 83.9 Å². The SMILES string of the molecule is COc1ccccc1[C@H]1CC(=O)N(C)[C@H]1C(O)c1ccc(S(=O)(=O)c2ccc(Cl)cc2)s1. The van der Waals surface area contributed by atoms with Crippen molar-refractivity contribution in [3.63, 3.8) is 0 Å². The van der Waals surface area contributed by atoms with E-state index in [0.29, 0.717) is 15.6 Å². The van der Waals surface area contributed by atoms with Gasteiger partial charge in [-0.1, -0.05) is 29.8 Å². The molecule has 1 aliphatic rings. The first-order valence-electron chi connectivity index (χ1n) is 9.91. The van der Waals surface area contributed by atoms with Crippen LogP contribution in [0.4, 0.5) is 0 Å². The highest BCUT2D eigenvalue weighted by atomic mass is 35.5. The number of aliphatic hydroxyl groups excluding tert-OH is 1. The van der Waals surface area contributed by atoms with E-state index in [2.05, 4.69) is 0 Å². The number of aliphatic hydroxyl groups is 1. The fraction of sp³-hybridized carbons (Fsp3) is 0.261. The molecule has 1 unspecified atom stereocenters. The zero-order valence-electron chi connectivity index (χ0n) is 17.4. The molecule has 0 radical (unpaired) electrons. The molecule has 1 aromatic heterocycles. The zero-order chi connectivity index (χ0) is 23.0. The molecular weight excluding hydrogens is 470 g/mol. The van der Waals surface area contributed by atoms with E-state index in [9.17, 15) is 18.3 Å². The number of thiophene rings is 1. The summed E-state index contributed by atoms with van der Waals surface area (Å²) in [6.45, 7) is 0. The lowest BCUT2D eigenvalue weighted by atomic mass is 9.87. The Kier molecular flexibility index (Phi) is 6.31. The summed E-state index contributed by atoms with van der Waals surface area (Å²) in [5.74, 6) is 0.266. The number of ether oxygens (including phenoxy) is 1. The smallest absolute Gasteiger partial charge is 0.223 e. The summed E-state index contributed by atoms with van der Waals surface area (Å²) in [6.07, 6.45) is -0.819. The van der Waals surface area contributed by atoms with Crippen molar-refractivity contribution in [3.05, 3.63) is 76.1 Å². The lowest BCUT2D eigenvalue weighted by Crippen LogP contribution is -2.36. The van der Waals surface area contributed by atoms with Crippen LogP contribution in [0, 0.1) is 0 Å². The minimum Gasteiger partial charge on any atom is -0.496 e. The molecule has 2 aromatic carbocycles. The Morgan fingerprint density at radius 2 is 1.81 bits per heavy atom. The number of halogens is 1. The van der Waals surface area contributed by atoms with Crippen LogP contribution in [-0.4, -0.2) is 44.5 Å². The van der Waals surface area contributed by atoms with Crippen molar-refractivity contribution in [2.75, 3.05) is 14.2 Å². The second-order valence-electron chi connectivity index (χ2n) is 7.61. The van der Waals surface area contributed by atoms with Gasteiger partial charge in [0.25, 0.3) is 0 Å². The molecule has 1 fully saturated rings. The van der Waals surface area contributed by atoms with E-state index in [-0.39, 0.29) is 27.4 Å². The first-order chi connectivity index (χ1) is 15.2. The molecule has 9 heteroatoms. The Hall–Kier alpha value is -2.39. The summed E-state index contributed by atoms with van der Waals surface area (Å²) in [5, 5.41) is 11.7. The molecule has 0 bridgehead atoms. The van der Waals surface area contributed by atoms with Crippen LogP contribution in [0.3, 0.4) is 0 Å². The number of amides is 1. The van der Waals surface area contributed by atoms with E-state index in [4.69, 9.17) is 16.3 Å². The van der Waals surface area contributed by atoms with Gasteiger partial charge in [0.15, 0.2) is 0 Å². The molecule has 6 nitrogen and oxygen atoms in total. The Morgan fingerprint density at radius 3 is 2.50 bits per heavy atom. The molecule has 1 amide bonds. The third kappa shape index (κ3) is 4.03. The number of hydrogen-bond donors (Lipinski definition) is 1. The van der Waals surface area contributed by atoms with Gasteiger partial charge in [-0.15, -0.1) is 11.3 Å². The summed E-state index contributed by atoms with van der Waals surface area (Å²) >= 11 is 6.88. The van der Waals surface area contributed by atoms with Crippen LogP contribution >= 0.6 is 22.9 Å². The van der Waals surface area contributed by atoms with Gasteiger partial charge in [0, 0.05) is 29.3 Å². The largest absolute Gasteiger partial charge is 0.496 e. The maximum absolute atomic E-state index is 13.0. The van der Waals surface area contributed by atoms with Crippen molar-refractivity contribution in [2.24, 2.45) is 0 Å². The van der Waals surface area contributed by atoms with Crippen molar-refractivity contribution in [2.45, 2.75) is 33.6 Å². The molecule has 4 rings (SSSR count). The normalized spacial score (nSPS) is 19.9. The maximum atomic E-state index is 13.0. The number of nitrogens with zero attached hydrogens (tertiary/aromatic N) is 1. The molecule has 1 N–H and O–H groups in total. The van der Waals surface area contributed by atoms with Gasteiger partial charge in [-0.25, -0.2) is 8.42 Å². The Morgan fingerprint density at radius 1 is 1.12 bits per heavy atom. The zero-order valence-corrected chi connectivity index (χ0v) is 19.8. The van der Waals surface area contributed by atoms with Gasteiger partial charge in [0.05, 0.1) is 18.0 Å². The number of sulfone groups is 1. The van der Waals surface area contributed by atoms with Crippen molar-refractivity contribution in [1.82, 2.24) is 4.90 Å². The van der Waals surface area contributed by atoms with Crippen molar-refractivity contribution < 1.29 is 23.1 Å². The fourth-order valence-corrected chi connectivity index (χ4v) is 7.00. The first-order valence-corrected chi connectivity index (χ1v) is 12.6. The minimum atomic E-state index is -3.74. The van der Waals surface area contributed by atoms with Gasteiger partial charge in [-0.2, -0.15) is 0 Å². The Balaban J connectivity index is 1.67. The van der Waals surface area contributed by atoms with E-state index >= 15 is 0 Å². The van der Waals surface area contributed by atoms with E-state index in [1.165, 1.54) is 35.2 Å². The monoisotopic (exact) mass is 491 g/mol. The Bertz CT molecular complexity index is 1240.